The number of carbonyl (C=O) groups is 1. The average molecular weight is 406 g/mol. The molecule has 1 aromatic rings. The van der Waals surface area contributed by atoms with Crippen LogP contribution in [0.1, 0.15) is 63.0 Å². The van der Waals surface area contributed by atoms with Gasteiger partial charge in [-0.1, -0.05) is 6.42 Å². The highest BCUT2D eigenvalue weighted by Crippen LogP contribution is 2.17. The zero-order valence-corrected chi connectivity index (χ0v) is 17.2. The SMILES string of the molecule is Cl.Cl.O=C(CCC1CCNCC1)NCCCc1nnc2n1CCCCC2. The summed E-state index contributed by atoms with van der Waals surface area (Å²) in [6.45, 7) is 4.01. The molecule has 3 rings (SSSR count). The highest BCUT2D eigenvalue weighted by molar-refractivity contribution is 5.85. The number of fused-ring (bicyclic) bond motifs is 1. The summed E-state index contributed by atoms with van der Waals surface area (Å²) in [7, 11) is 0. The lowest BCUT2D eigenvalue weighted by Gasteiger charge is -2.22. The monoisotopic (exact) mass is 405 g/mol. The first kappa shape index (κ1) is 23.2. The highest BCUT2D eigenvalue weighted by atomic mass is 35.5. The van der Waals surface area contributed by atoms with Crippen molar-refractivity contribution in [2.75, 3.05) is 19.6 Å². The van der Waals surface area contributed by atoms with Gasteiger partial charge in [0, 0.05) is 32.4 Å². The van der Waals surface area contributed by atoms with Crippen LogP contribution in [0.4, 0.5) is 0 Å². The Labute approximate surface area is 169 Å². The third-order valence-corrected chi connectivity index (χ3v) is 5.32. The number of amides is 1. The molecule has 2 aliphatic heterocycles. The third-order valence-electron chi connectivity index (χ3n) is 5.32. The van der Waals surface area contributed by atoms with Gasteiger partial charge in [-0.3, -0.25) is 4.79 Å². The summed E-state index contributed by atoms with van der Waals surface area (Å²) in [5.41, 5.74) is 0. The van der Waals surface area contributed by atoms with Crippen molar-refractivity contribution < 1.29 is 4.79 Å². The van der Waals surface area contributed by atoms with E-state index in [1.165, 1.54) is 32.1 Å². The van der Waals surface area contributed by atoms with Crippen molar-refractivity contribution in [2.24, 2.45) is 5.92 Å². The Kier molecular flexibility index (Phi) is 11.2. The molecule has 0 aliphatic carbocycles. The van der Waals surface area contributed by atoms with E-state index in [2.05, 4.69) is 25.4 Å². The van der Waals surface area contributed by atoms with E-state index < -0.39 is 0 Å². The lowest BCUT2D eigenvalue weighted by molar-refractivity contribution is -0.121. The number of carbonyl (C=O) groups excluding carboxylic acids is 1. The third kappa shape index (κ3) is 7.05. The van der Waals surface area contributed by atoms with Gasteiger partial charge in [0.05, 0.1) is 0 Å². The van der Waals surface area contributed by atoms with Crippen LogP contribution < -0.4 is 10.6 Å². The van der Waals surface area contributed by atoms with Gasteiger partial charge in [0.1, 0.15) is 11.6 Å². The van der Waals surface area contributed by atoms with Gasteiger partial charge in [0.15, 0.2) is 0 Å². The number of piperidine rings is 1. The predicted octanol–water partition coefficient (Wildman–Crippen LogP) is 2.68. The fourth-order valence-electron chi connectivity index (χ4n) is 3.80. The van der Waals surface area contributed by atoms with Crippen molar-refractivity contribution in [3.8, 4) is 0 Å². The second kappa shape index (κ2) is 12.5. The summed E-state index contributed by atoms with van der Waals surface area (Å²) in [5.74, 6) is 3.17. The smallest absolute Gasteiger partial charge is 0.220 e. The van der Waals surface area contributed by atoms with E-state index in [4.69, 9.17) is 0 Å². The Morgan fingerprint density at radius 3 is 2.77 bits per heavy atom. The van der Waals surface area contributed by atoms with Crippen molar-refractivity contribution >= 4 is 30.7 Å². The second-order valence-corrected chi connectivity index (χ2v) is 7.18. The molecule has 0 aromatic carbocycles. The highest BCUT2D eigenvalue weighted by Gasteiger charge is 2.15. The van der Waals surface area contributed by atoms with E-state index in [1.54, 1.807) is 0 Å². The van der Waals surface area contributed by atoms with E-state index in [1.807, 2.05) is 0 Å². The van der Waals surface area contributed by atoms with Gasteiger partial charge in [-0.15, -0.1) is 35.0 Å². The number of nitrogens with zero attached hydrogens (tertiary/aromatic N) is 3. The van der Waals surface area contributed by atoms with Crippen molar-refractivity contribution in [1.29, 1.82) is 0 Å². The molecule has 0 spiro atoms. The minimum absolute atomic E-state index is 0. The first-order valence-corrected chi connectivity index (χ1v) is 9.71. The van der Waals surface area contributed by atoms with Crippen LogP contribution in [0.2, 0.25) is 0 Å². The lowest BCUT2D eigenvalue weighted by atomic mass is 9.93. The van der Waals surface area contributed by atoms with Gasteiger partial charge in [0.25, 0.3) is 0 Å². The fraction of sp³-hybridized carbons (Fsp3) is 0.833. The molecule has 1 fully saturated rings. The van der Waals surface area contributed by atoms with E-state index in [0.717, 1.165) is 69.4 Å². The summed E-state index contributed by atoms with van der Waals surface area (Å²) in [6, 6.07) is 0. The van der Waals surface area contributed by atoms with Crippen LogP contribution in [-0.2, 0) is 24.2 Å². The van der Waals surface area contributed by atoms with E-state index in [9.17, 15) is 4.79 Å². The van der Waals surface area contributed by atoms with E-state index >= 15 is 0 Å². The molecule has 2 N–H and O–H groups in total. The molecule has 2 aliphatic rings. The van der Waals surface area contributed by atoms with Gasteiger partial charge in [-0.2, -0.15) is 0 Å². The van der Waals surface area contributed by atoms with Crippen molar-refractivity contribution in [1.82, 2.24) is 25.4 Å². The quantitative estimate of drug-likeness (QED) is 0.683. The Bertz CT molecular complexity index is 532. The van der Waals surface area contributed by atoms with Crippen LogP contribution >= 0.6 is 24.8 Å². The lowest BCUT2D eigenvalue weighted by Crippen LogP contribution is -2.29. The van der Waals surface area contributed by atoms with Crippen LogP contribution in [-0.4, -0.2) is 40.3 Å². The summed E-state index contributed by atoms with van der Waals surface area (Å²) >= 11 is 0. The fourth-order valence-corrected chi connectivity index (χ4v) is 3.80. The van der Waals surface area contributed by atoms with Gasteiger partial charge in [-0.05, 0) is 57.5 Å². The number of aryl methyl sites for hydroxylation is 2. The van der Waals surface area contributed by atoms with Gasteiger partial charge in [-0.25, -0.2) is 0 Å². The summed E-state index contributed by atoms with van der Waals surface area (Å²) in [6.07, 6.45) is 10.8. The molecular weight excluding hydrogens is 373 g/mol. The van der Waals surface area contributed by atoms with Crippen molar-refractivity contribution in [2.45, 2.75) is 70.8 Å². The Morgan fingerprint density at radius 1 is 1.15 bits per heavy atom. The molecule has 0 radical (unpaired) electrons. The molecule has 0 bridgehead atoms. The summed E-state index contributed by atoms with van der Waals surface area (Å²) < 4.78 is 2.30. The number of aromatic nitrogens is 3. The molecule has 1 saturated heterocycles. The molecule has 1 aromatic heterocycles. The Hall–Kier alpha value is -0.850. The van der Waals surface area contributed by atoms with Crippen LogP contribution in [0.5, 0.6) is 0 Å². The Balaban J connectivity index is 0.00000169. The number of hydrogen-bond acceptors (Lipinski definition) is 4. The van der Waals surface area contributed by atoms with Crippen LogP contribution in [0.15, 0.2) is 0 Å². The first-order valence-electron chi connectivity index (χ1n) is 9.71. The van der Waals surface area contributed by atoms with Crippen LogP contribution in [0.25, 0.3) is 0 Å². The maximum absolute atomic E-state index is 12.0. The van der Waals surface area contributed by atoms with Crippen molar-refractivity contribution in [3.05, 3.63) is 11.6 Å². The molecule has 0 atom stereocenters. The molecule has 1 amide bonds. The van der Waals surface area contributed by atoms with Gasteiger partial charge in [0.2, 0.25) is 5.91 Å². The van der Waals surface area contributed by atoms with Crippen molar-refractivity contribution in [3.63, 3.8) is 0 Å². The minimum atomic E-state index is 0. The normalized spacial score (nSPS) is 17.4. The maximum Gasteiger partial charge on any atom is 0.220 e. The van der Waals surface area contributed by atoms with Gasteiger partial charge >= 0.3 is 0 Å². The molecule has 0 unspecified atom stereocenters. The molecule has 8 heteroatoms. The summed E-state index contributed by atoms with van der Waals surface area (Å²) in [4.78, 5) is 12.0. The van der Waals surface area contributed by atoms with Crippen LogP contribution in [0, 0.1) is 5.92 Å². The number of nitrogens with one attached hydrogen (secondary N) is 2. The second-order valence-electron chi connectivity index (χ2n) is 7.18. The zero-order chi connectivity index (χ0) is 16.6. The number of halogens is 2. The Morgan fingerprint density at radius 2 is 1.96 bits per heavy atom. The molecule has 150 valence electrons. The molecular formula is C18H33Cl2N5O. The predicted molar refractivity (Wildman–Crippen MR) is 108 cm³/mol. The van der Waals surface area contributed by atoms with E-state index in [-0.39, 0.29) is 30.7 Å². The average Bonchev–Trinajstić information content (AvgIpc) is 2.84. The number of rotatable bonds is 7. The summed E-state index contributed by atoms with van der Waals surface area (Å²) in [5, 5.41) is 15.1. The topological polar surface area (TPSA) is 71.8 Å². The molecule has 6 nitrogen and oxygen atoms in total. The first-order chi connectivity index (χ1) is 11.8. The molecule has 26 heavy (non-hydrogen) atoms. The number of hydrogen-bond donors (Lipinski definition) is 2. The minimum Gasteiger partial charge on any atom is -0.356 e. The largest absolute Gasteiger partial charge is 0.356 e. The maximum atomic E-state index is 12.0. The van der Waals surface area contributed by atoms with Gasteiger partial charge < -0.3 is 15.2 Å². The van der Waals surface area contributed by atoms with Crippen LogP contribution in [0.3, 0.4) is 0 Å². The standard InChI is InChI=1S/C18H31N5O.2ClH/c24-18(8-7-15-9-12-19-13-10-15)20-11-4-6-17-22-21-16-5-2-1-3-14-23(16)17;;/h15,19H,1-14H2,(H,20,24);2*1H. The zero-order valence-electron chi connectivity index (χ0n) is 15.5. The molecule has 3 heterocycles. The van der Waals surface area contributed by atoms with E-state index in [0.29, 0.717) is 6.42 Å². The molecule has 0 saturated carbocycles.